The number of piperidine rings is 1. The highest BCUT2D eigenvalue weighted by atomic mass is 16.5. The maximum absolute atomic E-state index is 10.7. The average molecular weight is 330 g/mol. The van der Waals surface area contributed by atoms with E-state index in [0.29, 0.717) is 11.7 Å². The molecule has 7 nitrogen and oxygen atoms in total. The molecule has 1 aliphatic rings. The van der Waals surface area contributed by atoms with Crippen LogP contribution >= 0.6 is 0 Å². The van der Waals surface area contributed by atoms with Crippen molar-refractivity contribution in [1.29, 1.82) is 0 Å². The van der Waals surface area contributed by atoms with Gasteiger partial charge in [0.05, 0.1) is 0 Å². The van der Waals surface area contributed by atoms with Crippen LogP contribution in [0.15, 0.2) is 24.3 Å². The molecule has 2 heterocycles. The maximum Gasteiger partial charge on any atom is 0.341 e. The lowest BCUT2D eigenvalue weighted by Gasteiger charge is -2.31. The van der Waals surface area contributed by atoms with Crippen molar-refractivity contribution >= 4 is 5.97 Å². The number of nitrogens with one attached hydrogen (secondary N) is 1. The van der Waals surface area contributed by atoms with Crippen LogP contribution in [0.3, 0.4) is 0 Å². The fraction of sp³-hybridized carbons (Fsp3) is 0.471. The molecule has 0 saturated carbocycles. The summed E-state index contributed by atoms with van der Waals surface area (Å²) in [5, 5.41) is 16.0. The summed E-state index contributed by atoms with van der Waals surface area (Å²) in [6.45, 7) is 4.22. The number of likely N-dealkylation sites (tertiary alicyclic amines) is 1. The van der Waals surface area contributed by atoms with Gasteiger partial charge in [0.15, 0.2) is 12.4 Å². The van der Waals surface area contributed by atoms with Gasteiger partial charge in [-0.05, 0) is 32.4 Å². The smallest absolute Gasteiger partial charge is 0.341 e. The third-order valence-electron chi connectivity index (χ3n) is 4.20. The van der Waals surface area contributed by atoms with E-state index in [1.54, 1.807) is 0 Å². The molecule has 0 spiro atoms. The Balaban J connectivity index is 1.66. The number of benzene rings is 1. The van der Waals surface area contributed by atoms with E-state index in [2.05, 4.69) is 20.1 Å². The number of H-pyrrole nitrogens is 1. The number of hydrogen-bond acceptors (Lipinski definition) is 5. The Labute approximate surface area is 140 Å². The minimum Gasteiger partial charge on any atom is -0.482 e. The van der Waals surface area contributed by atoms with Gasteiger partial charge in [-0.15, -0.1) is 0 Å². The van der Waals surface area contributed by atoms with Gasteiger partial charge in [-0.2, -0.15) is 5.10 Å². The van der Waals surface area contributed by atoms with Crippen LogP contribution in [-0.2, 0) is 11.3 Å². The van der Waals surface area contributed by atoms with Crippen molar-refractivity contribution in [1.82, 2.24) is 20.1 Å². The zero-order valence-electron chi connectivity index (χ0n) is 13.7. The monoisotopic (exact) mass is 330 g/mol. The lowest BCUT2D eigenvalue weighted by molar-refractivity contribution is -0.139. The van der Waals surface area contributed by atoms with Gasteiger partial charge in [-0.25, -0.2) is 9.78 Å². The molecule has 128 valence electrons. The summed E-state index contributed by atoms with van der Waals surface area (Å²) < 4.78 is 5.40. The van der Waals surface area contributed by atoms with Crippen molar-refractivity contribution < 1.29 is 14.6 Å². The molecule has 0 bridgehead atoms. The summed E-state index contributed by atoms with van der Waals surface area (Å²) in [5.74, 6) is 1.72. The molecule has 1 aromatic heterocycles. The molecule has 7 heteroatoms. The Hall–Kier alpha value is -2.41. The Morgan fingerprint density at radius 1 is 1.46 bits per heavy atom. The predicted octanol–water partition coefficient (Wildman–Crippen LogP) is 1.96. The van der Waals surface area contributed by atoms with E-state index in [0.717, 1.165) is 49.7 Å². The van der Waals surface area contributed by atoms with Gasteiger partial charge in [-0.1, -0.05) is 18.2 Å². The molecule has 2 aromatic rings. The van der Waals surface area contributed by atoms with Crippen LogP contribution in [0.5, 0.6) is 5.75 Å². The summed E-state index contributed by atoms with van der Waals surface area (Å²) in [6, 6.07) is 7.61. The van der Waals surface area contributed by atoms with Crippen LogP contribution in [-0.4, -0.2) is 50.9 Å². The Kier molecular flexibility index (Phi) is 5.10. The van der Waals surface area contributed by atoms with E-state index in [4.69, 9.17) is 9.84 Å². The summed E-state index contributed by atoms with van der Waals surface area (Å²) in [6.07, 6.45) is 2.18. The number of carboxylic acid groups (broad SMARTS) is 1. The molecule has 0 aliphatic carbocycles. The van der Waals surface area contributed by atoms with Gasteiger partial charge in [-0.3, -0.25) is 10.00 Å². The Morgan fingerprint density at radius 3 is 3.04 bits per heavy atom. The second-order valence-electron chi connectivity index (χ2n) is 6.14. The van der Waals surface area contributed by atoms with Crippen LogP contribution in [0.1, 0.15) is 36.0 Å². The van der Waals surface area contributed by atoms with Crippen LogP contribution in [0, 0.1) is 6.92 Å². The van der Waals surface area contributed by atoms with Crippen LogP contribution in [0.25, 0.3) is 0 Å². The molecular weight excluding hydrogens is 308 g/mol. The second-order valence-corrected chi connectivity index (χ2v) is 6.14. The SMILES string of the molecule is Cc1nc(C2CCCN(Cc3ccccc3OCC(=O)O)C2)n[nH]1. The summed E-state index contributed by atoms with van der Waals surface area (Å²) in [7, 11) is 0. The molecule has 1 fully saturated rings. The first-order valence-corrected chi connectivity index (χ1v) is 8.15. The van der Waals surface area contributed by atoms with E-state index < -0.39 is 5.97 Å². The van der Waals surface area contributed by atoms with E-state index >= 15 is 0 Å². The molecule has 0 amide bonds. The largest absolute Gasteiger partial charge is 0.482 e. The second kappa shape index (κ2) is 7.44. The van der Waals surface area contributed by atoms with Crippen molar-refractivity contribution in [2.45, 2.75) is 32.2 Å². The van der Waals surface area contributed by atoms with E-state index in [1.807, 2.05) is 31.2 Å². The van der Waals surface area contributed by atoms with Crippen LogP contribution in [0.2, 0.25) is 0 Å². The Bertz CT molecular complexity index is 701. The molecule has 1 atom stereocenters. The normalized spacial score (nSPS) is 18.5. The van der Waals surface area contributed by atoms with Gasteiger partial charge in [0.2, 0.25) is 0 Å². The Morgan fingerprint density at radius 2 is 2.29 bits per heavy atom. The van der Waals surface area contributed by atoms with Gasteiger partial charge >= 0.3 is 5.97 Å². The number of aromatic nitrogens is 3. The fourth-order valence-electron chi connectivity index (χ4n) is 3.11. The highest BCUT2D eigenvalue weighted by molar-refractivity contribution is 5.68. The van der Waals surface area contributed by atoms with E-state index in [-0.39, 0.29) is 6.61 Å². The standard InChI is InChI=1S/C17H22N4O3/c1-12-18-17(20-19-12)14-6-4-8-21(10-14)9-13-5-2-3-7-15(13)24-11-16(22)23/h2-3,5,7,14H,4,6,8-11H2,1H3,(H,22,23)(H,18,19,20). The minimum atomic E-state index is -0.970. The van der Waals surface area contributed by atoms with Gasteiger partial charge < -0.3 is 9.84 Å². The number of carboxylic acids is 1. The van der Waals surface area contributed by atoms with Gasteiger partial charge in [0, 0.05) is 24.6 Å². The quantitative estimate of drug-likeness (QED) is 0.841. The summed E-state index contributed by atoms with van der Waals surface area (Å²) in [4.78, 5) is 17.5. The molecule has 0 radical (unpaired) electrons. The first kappa shape index (κ1) is 16.4. The lowest BCUT2D eigenvalue weighted by Crippen LogP contribution is -2.34. The number of aryl methyl sites for hydroxylation is 1. The molecule has 1 saturated heterocycles. The molecular formula is C17H22N4O3. The third-order valence-corrected chi connectivity index (χ3v) is 4.20. The van der Waals surface area contributed by atoms with Crippen molar-refractivity contribution in [3.05, 3.63) is 41.5 Å². The minimum absolute atomic E-state index is 0.323. The molecule has 1 aromatic carbocycles. The van der Waals surface area contributed by atoms with Crippen molar-refractivity contribution in [2.24, 2.45) is 0 Å². The molecule has 24 heavy (non-hydrogen) atoms. The highest BCUT2D eigenvalue weighted by Gasteiger charge is 2.24. The number of aliphatic carboxylic acids is 1. The van der Waals surface area contributed by atoms with Crippen LogP contribution < -0.4 is 4.74 Å². The maximum atomic E-state index is 10.7. The summed E-state index contributed by atoms with van der Waals surface area (Å²) in [5.41, 5.74) is 1.01. The molecule has 1 aliphatic heterocycles. The number of hydrogen-bond donors (Lipinski definition) is 2. The number of carbonyl (C=O) groups is 1. The van der Waals surface area contributed by atoms with Gasteiger partial charge in [0.25, 0.3) is 0 Å². The molecule has 2 N–H and O–H groups in total. The topological polar surface area (TPSA) is 91.3 Å². The highest BCUT2D eigenvalue weighted by Crippen LogP contribution is 2.27. The first-order chi connectivity index (χ1) is 11.6. The predicted molar refractivity (Wildman–Crippen MR) is 87.9 cm³/mol. The van der Waals surface area contributed by atoms with Crippen molar-refractivity contribution in [3.63, 3.8) is 0 Å². The average Bonchev–Trinajstić information content (AvgIpc) is 3.01. The van der Waals surface area contributed by atoms with E-state index in [9.17, 15) is 4.79 Å². The first-order valence-electron chi connectivity index (χ1n) is 8.15. The number of ether oxygens (including phenoxy) is 1. The molecule has 1 unspecified atom stereocenters. The summed E-state index contributed by atoms with van der Waals surface area (Å²) >= 11 is 0. The number of rotatable bonds is 6. The molecule has 3 rings (SSSR count). The van der Waals surface area contributed by atoms with Crippen molar-refractivity contribution in [2.75, 3.05) is 19.7 Å². The van der Waals surface area contributed by atoms with E-state index in [1.165, 1.54) is 0 Å². The van der Waals surface area contributed by atoms with Crippen LogP contribution in [0.4, 0.5) is 0 Å². The number of nitrogens with zero attached hydrogens (tertiary/aromatic N) is 3. The lowest BCUT2D eigenvalue weighted by atomic mass is 9.97. The zero-order valence-corrected chi connectivity index (χ0v) is 13.7. The fourth-order valence-corrected chi connectivity index (χ4v) is 3.11. The van der Waals surface area contributed by atoms with Crippen molar-refractivity contribution in [3.8, 4) is 5.75 Å². The number of para-hydroxylation sites is 1. The number of aromatic amines is 1. The van der Waals surface area contributed by atoms with Gasteiger partial charge in [0.1, 0.15) is 11.6 Å². The third kappa shape index (κ3) is 4.11. The zero-order chi connectivity index (χ0) is 16.9.